The first-order chi connectivity index (χ1) is 14.8. The number of nitrogens with zero attached hydrogens (tertiary/aromatic N) is 1. The molecule has 170 valence electrons. The van der Waals surface area contributed by atoms with E-state index in [0.717, 1.165) is 26.8 Å². The Morgan fingerprint density at radius 1 is 1.00 bits per heavy atom. The van der Waals surface area contributed by atoms with Gasteiger partial charge < -0.3 is 10.2 Å². The summed E-state index contributed by atoms with van der Waals surface area (Å²) in [5.74, 6) is -2.00. The maximum atomic E-state index is 13.0. The van der Waals surface area contributed by atoms with E-state index in [4.69, 9.17) is 0 Å². The van der Waals surface area contributed by atoms with E-state index in [1.807, 2.05) is 48.5 Å². The lowest BCUT2D eigenvalue weighted by atomic mass is 9.88. The van der Waals surface area contributed by atoms with Crippen LogP contribution in [0.4, 0.5) is 13.2 Å². The monoisotopic (exact) mass is 462 g/mol. The van der Waals surface area contributed by atoms with E-state index >= 15 is 0 Å². The zero-order valence-corrected chi connectivity index (χ0v) is 18.5. The molecule has 0 aromatic heterocycles. The highest BCUT2D eigenvalue weighted by atomic mass is 35.5. The smallest absolute Gasteiger partial charge is 0.334 e. The number of amides is 1. The largest absolute Gasteiger partial charge is 0.471 e. The molecule has 3 aromatic rings. The summed E-state index contributed by atoms with van der Waals surface area (Å²) in [5, 5.41) is 5.82. The second-order valence-corrected chi connectivity index (χ2v) is 8.18. The first-order valence-electron chi connectivity index (χ1n) is 10.5. The topological polar surface area (TPSA) is 32.3 Å². The Bertz CT molecular complexity index is 1050. The molecule has 0 radical (unpaired) electrons. The van der Waals surface area contributed by atoms with E-state index in [1.54, 1.807) is 0 Å². The molecule has 1 aliphatic heterocycles. The van der Waals surface area contributed by atoms with Crippen molar-refractivity contribution >= 4 is 29.1 Å². The fourth-order valence-corrected chi connectivity index (χ4v) is 4.57. The van der Waals surface area contributed by atoms with E-state index in [0.29, 0.717) is 6.54 Å². The summed E-state index contributed by atoms with van der Waals surface area (Å²) in [6.07, 6.45) is -4.85. The van der Waals surface area contributed by atoms with Gasteiger partial charge in [-0.3, -0.25) is 4.79 Å². The predicted molar refractivity (Wildman–Crippen MR) is 123 cm³/mol. The van der Waals surface area contributed by atoms with Gasteiger partial charge in [0.1, 0.15) is 0 Å². The zero-order valence-electron chi connectivity index (χ0n) is 17.7. The Labute approximate surface area is 192 Å². The van der Waals surface area contributed by atoms with Crippen LogP contribution in [0.3, 0.4) is 0 Å². The van der Waals surface area contributed by atoms with E-state index in [9.17, 15) is 18.0 Å². The van der Waals surface area contributed by atoms with Gasteiger partial charge in [-0.05, 0) is 34.7 Å². The minimum Gasteiger partial charge on any atom is -0.334 e. The molecule has 3 atom stereocenters. The highest BCUT2D eigenvalue weighted by Gasteiger charge is 2.47. The maximum Gasteiger partial charge on any atom is 0.471 e. The lowest BCUT2D eigenvalue weighted by molar-refractivity contribution is -0.184. The summed E-state index contributed by atoms with van der Waals surface area (Å²) >= 11 is 0. The molecular formula is C25H26ClF3N2O. The molecule has 1 heterocycles. The molecule has 32 heavy (non-hydrogen) atoms. The Hall–Kier alpha value is -2.57. The maximum absolute atomic E-state index is 13.0. The van der Waals surface area contributed by atoms with Crippen LogP contribution in [0.1, 0.15) is 30.0 Å². The van der Waals surface area contributed by atoms with Gasteiger partial charge in [-0.25, -0.2) is 0 Å². The minimum absolute atomic E-state index is 0. The highest BCUT2D eigenvalue weighted by molar-refractivity contribution is 5.86. The zero-order chi connectivity index (χ0) is 22.0. The third-order valence-corrected chi connectivity index (χ3v) is 6.17. The quantitative estimate of drug-likeness (QED) is 0.526. The van der Waals surface area contributed by atoms with Crippen molar-refractivity contribution in [2.45, 2.75) is 25.1 Å². The number of hydrogen-bond acceptors (Lipinski definition) is 2. The molecule has 4 rings (SSSR count). The van der Waals surface area contributed by atoms with Gasteiger partial charge in [-0.15, -0.1) is 12.4 Å². The van der Waals surface area contributed by atoms with Gasteiger partial charge in [0.15, 0.2) is 0 Å². The van der Waals surface area contributed by atoms with Crippen LogP contribution in [0.5, 0.6) is 0 Å². The number of likely N-dealkylation sites (tertiary alicyclic amines) is 1. The van der Waals surface area contributed by atoms with E-state index in [-0.39, 0.29) is 43.4 Å². The standard InChI is InChI=1S/C25H25F3N2O.ClH/c1-17(21-13-7-11-18-10-5-6-12-22(18)21)29-14-20-15-30(24(31)25(26,27)28)16-23(20)19-8-3-2-4-9-19;/h2-13,17,20,23,29H,14-16H2,1H3;1H/t17-,20-,23+;/m1./s1. The molecule has 1 aliphatic rings. The number of benzene rings is 3. The second kappa shape index (κ2) is 9.92. The molecule has 7 heteroatoms. The number of rotatable bonds is 5. The third-order valence-electron chi connectivity index (χ3n) is 6.17. The first-order valence-corrected chi connectivity index (χ1v) is 10.5. The fourth-order valence-electron chi connectivity index (χ4n) is 4.57. The number of halogens is 4. The normalized spacial score (nSPS) is 19.6. The molecule has 0 unspecified atom stereocenters. The van der Waals surface area contributed by atoms with Crippen molar-refractivity contribution in [1.82, 2.24) is 10.2 Å². The highest BCUT2D eigenvalue weighted by Crippen LogP contribution is 2.35. The summed E-state index contributed by atoms with van der Waals surface area (Å²) < 4.78 is 39.1. The average molecular weight is 463 g/mol. The Morgan fingerprint density at radius 2 is 1.66 bits per heavy atom. The lowest BCUT2D eigenvalue weighted by Crippen LogP contribution is -2.40. The molecule has 1 amide bonds. The Kier molecular flexibility index (Phi) is 7.47. The van der Waals surface area contributed by atoms with Crippen molar-refractivity contribution in [3.8, 4) is 0 Å². The molecule has 1 fully saturated rings. The molecule has 0 saturated carbocycles. The first kappa shape index (κ1) is 24.1. The van der Waals surface area contributed by atoms with Crippen LogP contribution >= 0.6 is 12.4 Å². The lowest BCUT2D eigenvalue weighted by Gasteiger charge is -2.23. The van der Waals surface area contributed by atoms with E-state index in [2.05, 4.69) is 36.5 Å². The molecule has 0 spiro atoms. The number of fused-ring (bicyclic) bond motifs is 1. The molecule has 1 saturated heterocycles. The summed E-state index contributed by atoms with van der Waals surface area (Å²) in [4.78, 5) is 12.8. The molecule has 1 N–H and O–H groups in total. The summed E-state index contributed by atoms with van der Waals surface area (Å²) in [6.45, 7) is 2.75. The van der Waals surface area contributed by atoms with Crippen LogP contribution in [0.2, 0.25) is 0 Å². The van der Waals surface area contributed by atoms with E-state index < -0.39 is 12.1 Å². The average Bonchev–Trinajstić information content (AvgIpc) is 3.20. The van der Waals surface area contributed by atoms with Gasteiger partial charge in [0, 0.05) is 31.6 Å². The van der Waals surface area contributed by atoms with Crippen molar-refractivity contribution in [3.05, 3.63) is 83.9 Å². The number of carbonyl (C=O) groups is 1. The van der Waals surface area contributed by atoms with Gasteiger partial charge in [0.2, 0.25) is 0 Å². The number of hydrogen-bond donors (Lipinski definition) is 1. The van der Waals surface area contributed by atoms with Crippen molar-refractivity contribution in [3.63, 3.8) is 0 Å². The van der Waals surface area contributed by atoms with Gasteiger partial charge >= 0.3 is 12.1 Å². The van der Waals surface area contributed by atoms with Crippen molar-refractivity contribution in [2.24, 2.45) is 5.92 Å². The van der Waals surface area contributed by atoms with Crippen LogP contribution in [-0.2, 0) is 4.79 Å². The second-order valence-electron chi connectivity index (χ2n) is 8.18. The summed E-state index contributed by atoms with van der Waals surface area (Å²) in [7, 11) is 0. The molecular weight excluding hydrogens is 437 g/mol. The van der Waals surface area contributed by atoms with Crippen LogP contribution in [0.15, 0.2) is 72.8 Å². The number of carbonyl (C=O) groups excluding carboxylic acids is 1. The van der Waals surface area contributed by atoms with Gasteiger partial charge in [0.05, 0.1) is 0 Å². The minimum atomic E-state index is -4.85. The van der Waals surface area contributed by atoms with E-state index in [1.165, 1.54) is 0 Å². The van der Waals surface area contributed by atoms with Crippen LogP contribution in [0, 0.1) is 5.92 Å². The van der Waals surface area contributed by atoms with Crippen molar-refractivity contribution < 1.29 is 18.0 Å². The van der Waals surface area contributed by atoms with Crippen LogP contribution in [-0.4, -0.2) is 36.6 Å². The van der Waals surface area contributed by atoms with Gasteiger partial charge in [-0.2, -0.15) is 13.2 Å². The van der Waals surface area contributed by atoms with Gasteiger partial charge in [-0.1, -0.05) is 72.8 Å². The Balaban J connectivity index is 0.00000289. The molecule has 3 nitrogen and oxygen atoms in total. The SMILES string of the molecule is C[C@@H](NC[C@@H]1CN(C(=O)C(F)(F)F)C[C@H]1c1ccccc1)c1cccc2ccccc12.Cl. The fraction of sp³-hybridized carbons (Fsp3) is 0.320. The number of alkyl halides is 3. The van der Waals surface area contributed by atoms with Crippen molar-refractivity contribution in [1.29, 1.82) is 0 Å². The van der Waals surface area contributed by atoms with Crippen molar-refractivity contribution in [2.75, 3.05) is 19.6 Å². The molecule has 3 aromatic carbocycles. The summed E-state index contributed by atoms with van der Waals surface area (Å²) in [6, 6.07) is 23.8. The molecule has 0 aliphatic carbocycles. The summed E-state index contributed by atoms with van der Waals surface area (Å²) in [5.41, 5.74) is 2.11. The van der Waals surface area contributed by atoms with Gasteiger partial charge in [0.25, 0.3) is 0 Å². The van der Waals surface area contributed by atoms with Crippen LogP contribution < -0.4 is 5.32 Å². The Morgan fingerprint density at radius 3 is 2.38 bits per heavy atom. The van der Waals surface area contributed by atoms with Crippen LogP contribution in [0.25, 0.3) is 10.8 Å². The predicted octanol–water partition coefficient (Wildman–Crippen LogP) is 5.72. The number of nitrogens with one attached hydrogen (secondary N) is 1. The molecule has 0 bridgehead atoms. The third kappa shape index (κ3) is 5.08.